The lowest BCUT2D eigenvalue weighted by Crippen LogP contribution is -2.64. The largest absolute Gasteiger partial charge is 0.472 e. The van der Waals surface area contributed by atoms with Crippen LogP contribution in [0.15, 0.2) is 0 Å². The van der Waals surface area contributed by atoms with E-state index in [1.54, 1.807) is 25.7 Å². The number of hydrogen-bond acceptors (Lipinski definition) is 21. The van der Waals surface area contributed by atoms with Gasteiger partial charge in [0.25, 0.3) is 0 Å². The molecule has 0 radical (unpaired) electrons. The lowest BCUT2D eigenvalue weighted by Gasteiger charge is -2.42. The van der Waals surface area contributed by atoms with Crippen molar-refractivity contribution in [3.63, 3.8) is 0 Å². The molecule has 0 aromatic heterocycles. The summed E-state index contributed by atoms with van der Waals surface area (Å²) in [5.41, 5.74) is -0.873. The number of carbonyl (C=O) groups is 5. The van der Waals surface area contributed by atoms with Crippen molar-refractivity contribution in [2.45, 2.75) is 146 Å². The zero-order chi connectivity index (χ0) is 53.0. The number of unbranched alkanes of at least 4 members (excludes halogenated alkanes) is 2. The van der Waals surface area contributed by atoms with E-state index in [0.717, 1.165) is 0 Å². The second-order valence-electron chi connectivity index (χ2n) is 17.8. The molecule has 0 aromatic rings. The van der Waals surface area contributed by atoms with Gasteiger partial charge in [-0.05, 0) is 46.6 Å². The number of nitrogens with one attached hydrogen (secondary N) is 5. The van der Waals surface area contributed by atoms with Gasteiger partial charge in [-0.3, -0.25) is 33.0 Å². The molecule has 5 amide bonds. The maximum absolute atomic E-state index is 13.3. The molecule has 2 heterocycles. The molecule has 2 aliphatic heterocycles. The predicted octanol–water partition coefficient (Wildman–Crippen LogP) is -3.75. The van der Waals surface area contributed by atoms with E-state index in [2.05, 4.69) is 26.6 Å². The molecule has 71 heavy (non-hydrogen) atoms. The minimum atomic E-state index is -4.23. The van der Waals surface area contributed by atoms with Crippen LogP contribution in [0.2, 0.25) is 0 Å². The Bertz CT molecular complexity index is 1620. The summed E-state index contributed by atoms with van der Waals surface area (Å²) in [6, 6.07) is -2.17. The van der Waals surface area contributed by atoms with Gasteiger partial charge in [-0.25, -0.2) is 4.57 Å². The molecule has 28 heteroatoms. The van der Waals surface area contributed by atoms with Crippen LogP contribution in [0, 0.1) is 0 Å². The smallest absolute Gasteiger partial charge is 0.394 e. The highest BCUT2D eigenvalue weighted by Crippen LogP contribution is 2.47. The highest BCUT2D eigenvalue weighted by molar-refractivity contribution is 7.47. The Morgan fingerprint density at radius 1 is 0.606 bits per heavy atom. The summed E-state index contributed by atoms with van der Waals surface area (Å²) in [5.74, 6) is -1.70. The van der Waals surface area contributed by atoms with Crippen LogP contribution in [-0.4, -0.2) is 236 Å². The first-order chi connectivity index (χ1) is 33.6. The number of hydrogen-bond donors (Lipinski definition) is 12. The molecular formula is C43H81N6O21P. The monoisotopic (exact) mass is 1050 g/mol. The average molecular weight is 1050 g/mol. The van der Waals surface area contributed by atoms with Gasteiger partial charge in [0.2, 0.25) is 29.5 Å². The summed E-state index contributed by atoms with van der Waals surface area (Å²) in [4.78, 5) is 73.1. The minimum Gasteiger partial charge on any atom is -0.394 e. The summed E-state index contributed by atoms with van der Waals surface area (Å²) in [6.45, 7) is 8.14. The summed E-state index contributed by atoms with van der Waals surface area (Å²) in [5, 5.41) is 73.6. The van der Waals surface area contributed by atoms with Crippen molar-refractivity contribution in [3.8, 4) is 0 Å². The van der Waals surface area contributed by atoms with E-state index < -0.39 is 99.7 Å². The predicted molar refractivity (Wildman–Crippen MR) is 249 cm³/mol. The van der Waals surface area contributed by atoms with Crippen molar-refractivity contribution in [2.24, 2.45) is 0 Å². The SMILES string of the molecule is CC(=O)NC1C(OCCOCCNC(=O)CCNCCCN(CCC(=O)NCCOCCOC2OC(CO)C(O)C(O)C2NC(C)=O)C(=O)CCCCCOP(=O)(O)OC(C)(C)C)OC(CO)C(O)C1O. The van der Waals surface area contributed by atoms with Crippen LogP contribution < -0.4 is 26.6 Å². The Morgan fingerprint density at radius 2 is 1.11 bits per heavy atom. The lowest BCUT2D eigenvalue weighted by molar-refractivity contribution is -0.272. The molecule has 2 saturated heterocycles. The Morgan fingerprint density at radius 3 is 1.59 bits per heavy atom. The zero-order valence-corrected chi connectivity index (χ0v) is 42.5. The third-order valence-corrected chi connectivity index (χ3v) is 11.9. The molecule has 414 valence electrons. The van der Waals surface area contributed by atoms with Gasteiger partial charge in [-0.1, -0.05) is 6.42 Å². The van der Waals surface area contributed by atoms with Gasteiger partial charge in [-0.15, -0.1) is 0 Å². The van der Waals surface area contributed by atoms with E-state index >= 15 is 0 Å². The van der Waals surface area contributed by atoms with Crippen LogP contribution in [0.4, 0.5) is 0 Å². The summed E-state index contributed by atoms with van der Waals surface area (Å²) < 4.78 is 55.4. The molecule has 2 rings (SSSR count). The van der Waals surface area contributed by atoms with Crippen molar-refractivity contribution < 1.29 is 102 Å². The van der Waals surface area contributed by atoms with E-state index in [9.17, 15) is 64.1 Å². The van der Waals surface area contributed by atoms with Crippen LogP contribution in [0.1, 0.15) is 79.6 Å². The van der Waals surface area contributed by atoms with Crippen LogP contribution in [-0.2, 0) is 66.0 Å². The molecule has 0 aromatic carbocycles. The van der Waals surface area contributed by atoms with Crippen molar-refractivity contribution in [1.29, 1.82) is 0 Å². The molecule has 0 bridgehead atoms. The number of amides is 5. The Labute approximate surface area is 414 Å². The van der Waals surface area contributed by atoms with Gasteiger partial charge in [0.05, 0.1) is 65.1 Å². The molecule has 11 unspecified atom stereocenters. The van der Waals surface area contributed by atoms with E-state index in [4.69, 9.17) is 37.5 Å². The summed E-state index contributed by atoms with van der Waals surface area (Å²) in [6.07, 6.45) is -8.05. The van der Waals surface area contributed by atoms with Crippen LogP contribution in [0.5, 0.6) is 0 Å². The Kier molecular flexibility index (Phi) is 31.1. The van der Waals surface area contributed by atoms with Gasteiger partial charge < -0.3 is 95.4 Å². The molecule has 0 saturated carbocycles. The number of nitrogens with zero attached hydrogens (tertiary/aromatic N) is 1. The van der Waals surface area contributed by atoms with E-state index in [-0.39, 0.29) is 103 Å². The fraction of sp³-hybridized carbons (Fsp3) is 0.884. The van der Waals surface area contributed by atoms with Gasteiger partial charge in [0.1, 0.15) is 48.7 Å². The maximum atomic E-state index is 13.3. The van der Waals surface area contributed by atoms with Crippen LogP contribution >= 0.6 is 7.82 Å². The first-order valence-electron chi connectivity index (χ1n) is 24.0. The van der Waals surface area contributed by atoms with E-state index in [1.165, 1.54) is 13.8 Å². The first kappa shape index (κ1) is 64.1. The number of rotatable bonds is 36. The molecule has 2 aliphatic rings. The Hall–Kier alpha value is -3.06. The Balaban J connectivity index is 1.72. The quantitative estimate of drug-likeness (QED) is 0.0212. The highest BCUT2D eigenvalue weighted by Gasteiger charge is 2.46. The van der Waals surface area contributed by atoms with Crippen LogP contribution in [0.3, 0.4) is 0 Å². The average Bonchev–Trinajstić information content (AvgIpc) is 3.29. The number of phosphoric ester groups is 1. The molecular weight excluding hydrogens is 967 g/mol. The third kappa shape index (κ3) is 26.6. The van der Waals surface area contributed by atoms with Crippen LogP contribution in [0.25, 0.3) is 0 Å². The van der Waals surface area contributed by atoms with Gasteiger partial charge in [-0.2, -0.15) is 0 Å². The lowest BCUT2D eigenvalue weighted by atomic mass is 9.97. The van der Waals surface area contributed by atoms with Crippen molar-refractivity contribution >= 4 is 37.4 Å². The molecule has 0 aliphatic carbocycles. The molecule has 11 atom stereocenters. The number of carbonyl (C=O) groups excluding carboxylic acids is 5. The molecule has 2 fully saturated rings. The fourth-order valence-corrected chi connectivity index (χ4v) is 8.27. The van der Waals surface area contributed by atoms with Crippen molar-refractivity contribution in [2.75, 3.05) is 98.7 Å². The normalized spacial score (nSPS) is 25.5. The van der Waals surface area contributed by atoms with E-state index in [1.807, 2.05) is 0 Å². The number of aliphatic hydroxyl groups is 6. The van der Waals surface area contributed by atoms with Crippen molar-refractivity contribution in [1.82, 2.24) is 31.5 Å². The fourth-order valence-electron chi connectivity index (χ4n) is 7.16. The van der Waals surface area contributed by atoms with Gasteiger partial charge in [0, 0.05) is 65.8 Å². The number of ether oxygens (including phenoxy) is 6. The van der Waals surface area contributed by atoms with Gasteiger partial charge in [0.15, 0.2) is 12.6 Å². The van der Waals surface area contributed by atoms with Crippen molar-refractivity contribution in [3.05, 3.63) is 0 Å². The summed E-state index contributed by atoms with van der Waals surface area (Å²) in [7, 11) is -4.23. The summed E-state index contributed by atoms with van der Waals surface area (Å²) >= 11 is 0. The molecule has 12 N–H and O–H groups in total. The number of phosphoric acid groups is 1. The second-order valence-corrected chi connectivity index (χ2v) is 19.2. The topological polar surface area (TPSA) is 381 Å². The molecule has 0 spiro atoms. The minimum absolute atomic E-state index is 0.00451. The van der Waals surface area contributed by atoms with E-state index in [0.29, 0.717) is 45.3 Å². The maximum Gasteiger partial charge on any atom is 0.472 e. The second kappa shape index (κ2) is 34.4. The first-order valence-corrected chi connectivity index (χ1v) is 25.5. The third-order valence-electron chi connectivity index (χ3n) is 10.6. The van der Waals surface area contributed by atoms with Gasteiger partial charge >= 0.3 is 7.82 Å². The standard InChI is InChI=1S/C43H81N6O21P/c1-28(52)47-35-39(59)37(57)30(26-50)68-41(35)65-24-22-63-20-15-45-32(54)11-14-44-13-9-17-49(34(56)10-7-6-8-19-67-71(61,62)70-43(3,4)5)18-12-33(55)46-16-21-64-23-25-66-42-36(48-29(2)53)40(60)38(58)31(27-51)69-42/h30-31,35-42,44,50-51,57-60H,6-27H2,1-5H3,(H,45,54)(H,46,55)(H,47,52)(H,48,53)(H,61,62). The molecule has 27 nitrogen and oxygen atoms in total. The highest BCUT2D eigenvalue weighted by atomic mass is 31.2. The zero-order valence-electron chi connectivity index (χ0n) is 41.6. The number of aliphatic hydroxyl groups excluding tert-OH is 6.